The van der Waals surface area contributed by atoms with Gasteiger partial charge in [0.1, 0.15) is 0 Å². The number of halogens is 2. The highest BCUT2D eigenvalue weighted by atomic mass is 35.5. The maximum atomic E-state index is 12.2. The van der Waals surface area contributed by atoms with E-state index in [2.05, 4.69) is 22.8 Å². The number of amides is 1. The highest BCUT2D eigenvalue weighted by Gasteiger charge is 2.16. The molecule has 2 aromatic carbocycles. The highest BCUT2D eigenvalue weighted by molar-refractivity contribution is 6.42. The van der Waals surface area contributed by atoms with Crippen LogP contribution in [0.15, 0.2) is 42.5 Å². The molecule has 3 rings (SSSR count). The zero-order valence-corrected chi connectivity index (χ0v) is 13.4. The van der Waals surface area contributed by atoms with Crippen molar-refractivity contribution >= 4 is 34.8 Å². The predicted octanol–water partition coefficient (Wildman–Crippen LogP) is 4.32. The fourth-order valence-corrected chi connectivity index (χ4v) is 2.92. The van der Waals surface area contributed by atoms with Gasteiger partial charge in [-0.2, -0.15) is 0 Å². The van der Waals surface area contributed by atoms with Crippen LogP contribution < -0.4 is 10.6 Å². The van der Waals surface area contributed by atoms with Crippen molar-refractivity contribution in [3.63, 3.8) is 0 Å². The van der Waals surface area contributed by atoms with Gasteiger partial charge in [0.15, 0.2) is 0 Å². The summed E-state index contributed by atoms with van der Waals surface area (Å²) in [6.45, 7) is 2.09. The maximum Gasteiger partial charge on any atom is 0.255 e. The lowest BCUT2D eigenvalue weighted by molar-refractivity contribution is 0.102. The Balaban J connectivity index is 1.69. The van der Waals surface area contributed by atoms with Crippen LogP contribution in [-0.4, -0.2) is 19.0 Å². The first-order valence-electron chi connectivity index (χ1n) is 7.20. The first kappa shape index (κ1) is 15.3. The lowest BCUT2D eigenvalue weighted by atomic mass is 9.98. The van der Waals surface area contributed by atoms with E-state index in [1.54, 1.807) is 18.2 Å². The molecule has 1 atom stereocenters. The van der Waals surface area contributed by atoms with E-state index in [4.69, 9.17) is 23.2 Å². The van der Waals surface area contributed by atoms with Gasteiger partial charge in [-0.15, -0.1) is 0 Å². The van der Waals surface area contributed by atoms with E-state index in [9.17, 15) is 4.79 Å². The number of rotatable bonds is 3. The molecule has 5 heteroatoms. The van der Waals surface area contributed by atoms with Crippen molar-refractivity contribution in [1.82, 2.24) is 5.32 Å². The molecule has 0 aromatic heterocycles. The van der Waals surface area contributed by atoms with Gasteiger partial charge >= 0.3 is 0 Å². The summed E-state index contributed by atoms with van der Waals surface area (Å²) < 4.78 is 0. The van der Waals surface area contributed by atoms with Crippen molar-refractivity contribution < 1.29 is 4.79 Å². The van der Waals surface area contributed by atoms with E-state index in [1.807, 2.05) is 12.1 Å². The van der Waals surface area contributed by atoms with E-state index >= 15 is 0 Å². The molecule has 0 aliphatic carbocycles. The van der Waals surface area contributed by atoms with Gasteiger partial charge in [-0.3, -0.25) is 4.79 Å². The molecule has 1 aliphatic rings. The molecule has 114 valence electrons. The molecule has 0 spiro atoms. The number of carbonyl (C=O) groups excluding carboxylic acids is 1. The lowest BCUT2D eigenvalue weighted by Gasteiger charge is -2.10. The van der Waals surface area contributed by atoms with Crippen LogP contribution in [0.4, 0.5) is 5.69 Å². The van der Waals surface area contributed by atoms with Crippen LogP contribution in [0.5, 0.6) is 0 Å². The third-order valence-corrected chi connectivity index (χ3v) is 4.62. The lowest BCUT2D eigenvalue weighted by Crippen LogP contribution is -2.12. The van der Waals surface area contributed by atoms with Crippen molar-refractivity contribution in [3.05, 3.63) is 63.6 Å². The fraction of sp³-hybridized carbons (Fsp3) is 0.235. The minimum Gasteiger partial charge on any atom is -0.322 e. The Morgan fingerprint density at radius 2 is 1.86 bits per heavy atom. The molecule has 0 radical (unpaired) electrons. The summed E-state index contributed by atoms with van der Waals surface area (Å²) in [4.78, 5) is 12.2. The quantitative estimate of drug-likeness (QED) is 0.877. The van der Waals surface area contributed by atoms with E-state index in [0.717, 1.165) is 25.2 Å². The summed E-state index contributed by atoms with van der Waals surface area (Å²) >= 11 is 11.8. The summed E-state index contributed by atoms with van der Waals surface area (Å²) in [5.41, 5.74) is 2.56. The van der Waals surface area contributed by atoms with Gasteiger partial charge in [0.05, 0.1) is 10.0 Å². The molecule has 1 fully saturated rings. The van der Waals surface area contributed by atoms with Crippen LogP contribution >= 0.6 is 23.2 Å². The number of hydrogen-bond acceptors (Lipinski definition) is 2. The van der Waals surface area contributed by atoms with Crippen LogP contribution in [0.3, 0.4) is 0 Å². The second kappa shape index (κ2) is 6.69. The van der Waals surface area contributed by atoms with Crippen LogP contribution in [0.25, 0.3) is 0 Å². The minimum atomic E-state index is -0.200. The summed E-state index contributed by atoms with van der Waals surface area (Å²) in [6, 6.07) is 12.9. The summed E-state index contributed by atoms with van der Waals surface area (Å²) in [5, 5.41) is 7.03. The number of carbonyl (C=O) groups is 1. The maximum absolute atomic E-state index is 12.2. The molecule has 2 aromatic rings. The first-order chi connectivity index (χ1) is 10.6. The van der Waals surface area contributed by atoms with Gasteiger partial charge in [-0.1, -0.05) is 35.3 Å². The summed E-state index contributed by atoms with van der Waals surface area (Å²) in [5.74, 6) is 0.369. The van der Waals surface area contributed by atoms with Crippen LogP contribution in [0.1, 0.15) is 28.3 Å². The third-order valence-electron chi connectivity index (χ3n) is 3.88. The Bertz CT molecular complexity index is 680. The molecule has 1 saturated heterocycles. The normalized spacial score (nSPS) is 17.5. The van der Waals surface area contributed by atoms with E-state index in [0.29, 0.717) is 21.5 Å². The zero-order valence-electron chi connectivity index (χ0n) is 11.9. The van der Waals surface area contributed by atoms with E-state index in [-0.39, 0.29) is 5.91 Å². The predicted molar refractivity (Wildman–Crippen MR) is 91.1 cm³/mol. The second-order valence-corrected chi connectivity index (χ2v) is 6.21. The number of hydrogen-bond donors (Lipinski definition) is 2. The van der Waals surface area contributed by atoms with Crippen molar-refractivity contribution in [2.24, 2.45) is 0 Å². The number of anilines is 1. The van der Waals surface area contributed by atoms with E-state index in [1.165, 1.54) is 5.56 Å². The Labute approximate surface area is 139 Å². The van der Waals surface area contributed by atoms with E-state index < -0.39 is 0 Å². The Morgan fingerprint density at radius 1 is 1.09 bits per heavy atom. The smallest absolute Gasteiger partial charge is 0.255 e. The third kappa shape index (κ3) is 3.43. The minimum absolute atomic E-state index is 0.200. The van der Waals surface area contributed by atoms with Gasteiger partial charge in [0.2, 0.25) is 0 Å². The van der Waals surface area contributed by atoms with Gasteiger partial charge in [-0.05, 0) is 54.8 Å². The Morgan fingerprint density at radius 3 is 2.50 bits per heavy atom. The summed E-state index contributed by atoms with van der Waals surface area (Å²) in [6.07, 6.45) is 1.16. The van der Waals surface area contributed by atoms with Crippen LogP contribution in [0, 0.1) is 0 Å². The van der Waals surface area contributed by atoms with Crippen molar-refractivity contribution in [1.29, 1.82) is 0 Å². The highest BCUT2D eigenvalue weighted by Crippen LogP contribution is 2.25. The standard InChI is InChI=1S/C17H16Cl2N2O/c18-15-6-3-12(9-16(15)19)17(22)21-14-4-1-11(2-5-14)13-7-8-20-10-13/h1-6,9,13,20H,7-8,10H2,(H,21,22)/t13-/m0/s1. The molecular weight excluding hydrogens is 319 g/mol. The average molecular weight is 335 g/mol. The Kier molecular flexibility index (Phi) is 4.67. The molecule has 0 unspecified atom stereocenters. The van der Waals surface area contributed by atoms with Gasteiger partial charge in [0.25, 0.3) is 5.91 Å². The fourth-order valence-electron chi connectivity index (χ4n) is 2.62. The molecule has 0 bridgehead atoms. The summed E-state index contributed by atoms with van der Waals surface area (Å²) in [7, 11) is 0. The zero-order chi connectivity index (χ0) is 15.5. The number of benzene rings is 2. The van der Waals surface area contributed by atoms with Gasteiger partial charge < -0.3 is 10.6 Å². The van der Waals surface area contributed by atoms with Crippen molar-refractivity contribution in [2.75, 3.05) is 18.4 Å². The Hall–Kier alpha value is -1.55. The monoisotopic (exact) mass is 334 g/mol. The largest absolute Gasteiger partial charge is 0.322 e. The molecule has 22 heavy (non-hydrogen) atoms. The second-order valence-electron chi connectivity index (χ2n) is 5.39. The molecule has 3 nitrogen and oxygen atoms in total. The number of nitrogens with one attached hydrogen (secondary N) is 2. The molecule has 1 heterocycles. The first-order valence-corrected chi connectivity index (χ1v) is 7.96. The molecule has 2 N–H and O–H groups in total. The average Bonchev–Trinajstić information content (AvgIpc) is 3.05. The molecular formula is C17H16Cl2N2O. The molecule has 1 amide bonds. The van der Waals surface area contributed by atoms with Crippen molar-refractivity contribution in [3.8, 4) is 0 Å². The van der Waals surface area contributed by atoms with Crippen molar-refractivity contribution in [2.45, 2.75) is 12.3 Å². The van der Waals surface area contributed by atoms with Gasteiger partial charge in [-0.25, -0.2) is 0 Å². The molecule has 1 aliphatic heterocycles. The van der Waals surface area contributed by atoms with Gasteiger partial charge in [0, 0.05) is 17.8 Å². The van der Waals surface area contributed by atoms with Crippen LogP contribution in [0.2, 0.25) is 10.0 Å². The van der Waals surface area contributed by atoms with Crippen LogP contribution in [-0.2, 0) is 0 Å². The SMILES string of the molecule is O=C(Nc1ccc([C@H]2CCNC2)cc1)c1ccc(Cl)c(Cl)c1. The molecule has 0 saturated carbocycles. The topological polar surface area (TPSA) is 41.1 Å².